The summed E-state index contributed by atoms with van der Waals surface area (Å²) in [5.41, 5.74) is 5.68. The highest BCUT2D eigenvalue weighted by atomic mass is 79.9. The fourth-order valence-corrected chi connectivity index (χ4v) is 3.39. The van der Waals surface area contributed by atoms with Crippen molar-refractivity contribution in [3.63, 3.8) is 0 Å². The zero-order valence-electron chi connectivity index (χ0n) is 11.6. The highest BCUT2D eigenvalue weighted by Gasteiger charge is 2.29. The molecule has 4 nitrogen and oxygen atoms in total. The second-order valence-electron chi connectivity index (χ2n) is 5.35. The summed E-state index contributed by atoms with van der Waals surface area (Å²) in [5.74, 6) is -1.49. The lowest BCUT2D eigenvalue weighted by Gasteiger charge is -2.15. The Balaban J connectivity index is 2.28. The Labute approximate surface area is 134 Å². The third-order valence-corrected chi connectivity index (χ3v) is 4.42. The van der Waals surface area contributed by atoms with Crippen LogP contribution in [0.25, 0.3) is 11.3 Å². The maximum absolute atomic E-state index is 14.3. The fraction of sp³-hybridized carbons (Fsp3) is 0.333. The van der Waals surface area contributed by atoms with E-state index in [-0.39, 0.29) is 28.7 Å². The van der Waals surface area contributed by atoms with Crippen molar-refractivity contribution in [3.05, 3.63) is 33.8 Å². The average Bonchev–Trinajstić information content (AvgIpc) is 3.05. The molecule has 0 spiro atoms. The molecule has 7 heteroatoms. The second kappa shape index (κ2) is 5.69. The number of rotatable bonds is 2. The molecule has 1 aliphatic carbocycles. The van der Waals surface area contributed by atoms with Gasteiger partial charge in [0.1, 0.15) is 23.3 Å². The summed E-state index contributed by atoms with van der Waals surface area (Å²) < 4.78 is 30.5. The molecule has 1 aliphatic rings. The van der Waals surface area contributed by atoms with E-state index in [1.807, 2.05) is 6.07 Å². The van der Waals surface area contributed by atoms with Gasteiger partial charge < -0.3 is 5.73 Å². The normalized spacial score (nSPS) is 15.2. The predicted molar refractivity (Wildman–Crippen MR) is 81.9 cm³/mol. The van der Waals surface area contributed by atoms with E-state index in [4.69, 9.17) is 5.73 Å². The molecule has 1 heterocycles. The molecule has 2 N–H and O–H groups in total. The Hall–Kier alpha value is -1.94. The van der Waals surface area contributed by atoms with Gasteiger partial charge in [-0.2, -0.15) is 10.4 Å². The van der Waals surface area contributed by atoms with Crippen molar-refractivity contribution in [1.29, 1.82) is 5.26 Å². The monoisotopic (exact) mass is 366 g/mol. The van der Waals surface area contributed by atoms with Gasteiger partial charge in [-0.15, -0.1) is 0 Å². The van der Waals surface area contributed by atoms with Gasteiger partial charge in [-0.3, -0.25) is 4.68 Å². The molecule has 114 valence electrons. The summed E-state index contributed by atoms with van der Waals surface area (Å²) in [6.45, 7) is 0. The van der Waals surface area contributed by atoms with Gasteiger partial charge in [0.2, 0.25) is 0 Å². The molecule has 0 unspecified atom stereocenters. The molecule has 2 aromatic rings. The fourth-order valence-electron chi connectivity index (χ4n) is 2.98. The van der Waals surface area contributed by atoms with Crippen molar-refractivity contribution >= 4 is 21.7 Å². The van der Waals surface area contributed by atoms with E-state index < -0.39 is 11.6 Å². The average molecular weight is 367 g/mol. The van der Waals surface area contributed by atoms with E-state index in [0.29, 0.717) is 4.47 Å². The van der Waals surface area contributed by atoms with Gasteiger partial charge >= 0.3 is 0 Å². The Bertz CT molecular complexity index is 750. The maximum Gasteiger partial charge on any atom is 0.164 e. The second-order valence-corrected chi connectivity index (χ2v) is 6.26. The van der Waals surface area contributed by atoms with Crippen LogP contribution in [0.15, 0.2) is 16.6 Å². The highest BCUT2D eigenvalue weighted by molar-refractivity contribution is 9.10. The number of halogens is 3. The molecule has 0 atom stereocenters. The first-order valence-corrected chi connectivity index (χ1v) is 7.75. The van der Waals surface area contributed by atoms with E-state index >= 15 is 0 Å². The van der Waals surface area contributed by atoms with Crippen LogP contribution in [0.3, 0.4) is 0 Å². The Morgan fingerprint density at radius 3 is 2.41 bits per heavy atom. The molecule has 0 saturated heterocycles. The minimum absolute atomic E-state index is 0.00567. The van der Waals surface area contributed by atoms with Gasteiger partial charge in [0.15, 0.2) is 5.82 Å². The first-order chi connectivity index (χ1) is 10.5. The summed E-state index contributed by atoms with van der Waals surface area (Å²) in [6, 6.07) is 4.27. The van der Waals surface area contributed by atoms with Gasteiger partial charge in [0, 0.05) is 4.47 Å². The van der Waals surface area contributed by atoms with E-state index in [1.165, 1.54) is 16.8 Å². The molecule has 1 aromatic carbocycles. The largest absolute Gasteiger partial charge is 0.381 e. The Kier molecular flexibility index (Phi) is 3.87. The van der Waals surface area contributed by atoms with Gasteiger partial charge in [0.05, 0.1) is 17.3 Å². The van der Waals surface area contributed by atoms with Crippen LogP contribution in [0.4, 0.5) is 14.6 Å². The number of nitrogen functional groups attached to an aromatic ring is 1. The molecule has 1 saturated carbocycles. The van der Waals surface area contributed by atoms with Crippen molar-refractivity contribution in [3.8, 4) is 17.3 Å². The zero-order valence-corrected chi connectivity index (χ0v) is 13.2. The minimum atomic E-state index is -0.748. The third-order valence-electron chi connectivity index (χ3n) is 3.96. The number of nitrogens with two attached hydrogens (primary N) is 1. The van der Waals surface area contributed by atoms with Gasteiger partial charge in [0.25, 0.3) is 0 Å². The maximum atomic E-state index is 14.3. The number of aromatic nitrogens is 2. The number of anilines is 1. The standard InChI is InChI=1S/C15H13BrF2N4/c16-8-5-11(17)13(12(18)6-8)14-10(7-19)15(20)21-22(14)9-3-1-2-4-9/h5-6,9H,1-4H2,(H2,20,21). The van der Waals surface area contributed by atoms with Crippen molar-refractivity contribution in [1.82, 2.24) is 9.78 Å². The van der Waals surface area contributed by atoms with Gasteiger partial charge in [-0.05, 0) is 25.0 Å². The molecule has 3 rings (SSSR count). The van der Waals surface area contributed by atoms with Crippen molar-refractivity contribution in [2.75, 3.05) is 5.73 Å². The zero-order chi connectivity index (χ0) is 15.9. The van der Waals surface area contributed by atoms with Crippen LogP contribution < -0.4 is 5.73 Å². The van der Waals surface area contributed by atoms with E-state index in [2.05, 4.69) is 21.0 Å². The highest BCUT2D eigenvalue weighted by Crippen LogP contribution is 2.39. The summed E-state index contributed by atoms with van der Waals surface area (Å²) in [6.07, 6.45) is 3.77. The smallest absolute Gasteiger partial charge is 0.164 e. The third kappa shape index (κ3) is 2.37. The Morgan fingerprint density at radius 1 is 1.27 bits per heavy atom. The van der Waals surface area contributed by atoms with Crippen LogP contribution in [-0.4, -0.2) is 9.78 Å². The lowest BCUT2D eigenvalue weighted by atomic mass is 10.1. The molecular weight excluding hydrogens is 354 g/mol. The summed E-state index contributed by atoms with van der Waals surface area (Å²) >= 11 is 3.05. The molecular formula is C15H13BrF2N4. The number of nitrogens with zero attached hydrogens (tertiary/aromatic N) is 3. The number of nitriles is 1. The lowest BCUT2D eigenvalue weighted by molar-refractivity contribution is 0.470. The quantitative estimate of drug-likeness (QED) is 0.867. The van der Waals surface area contributed by atoms with Crippen LogP contribution in [-0.2, 0) is 0 Å². The molecule has 0 bridgehead atoms. The van der Waals surface area contributed by atoms with Gasteiger partial charge in [-0.25, -0.2) is 8.78 Å². The summed E-state index contributed by atoms with van der Waals surface area (Å²) in [7, 11) is 0. The predicted octanol–water partition coefficient (Wildman–Crippen LogP) is 4.16. The molecule has 0 aliphatic heterocycles. The molecule has 0 amide bonds. The molecule has 1 fully saturated rings. The molecule has 1 aromatic heterocycles. The SMILES string of the molecule is N#Cc1c(N)nn(C2CCCC2)c1-c1c(F)cc(Br)cc1F. The van der Waals surface area contributed by atoms with Crippen molar-refractivity contribution in [2.24, 2.45) is 0 Å². The first-order valence-electron chi connectivity index (χ1n) is 6.96. The lowest BCUT2D eigenvalue weighted by Crippen LogP contribution is -2.10. The van der Waals surface area contributed by atoms with Crippen LogP contribution in [0.1, 0.15) is 37.3 Å². The summed E-state index contributed by atoms with van der Waals surface area (Å²) in [4.78, 5) is 0. The van der Waals surface area contributed by atoms with E-state index in [9.17, 15) is 14.0 Å². The van der Waals surface area contributed by atoms with Crippen molar-refractivity contribution in [2.45, 2.75) is 31.7 Å². The van der Waals surface area contributed by atoms with Crippen molar-refractivity contribution < 1.29 is 8.78 Å². The number of hydrogen-bond acceptors (Lipinski definition) is 3. The topological polar surface area (TPSA) is 67.6 Å². The number of hydrogen-bond donors (Lipinski definition) is 1. The Morgan fingerprint density at radius 2 is 1.86 bits per heavy atom. The molecule has 0 radical (unpaired) electrons. The van der Waals surface area contributed by atoms with Crippen LogP contribution in [0.5, 0.6) is 0 Å². The van der Waals surface area contributed by atoms with E-state index in [1.54, 1.807) is 0 Å². The first kappa shape index (κ1) is 15.0. The summed E-state index contributed by atoms with van der Waals surface area (Å²) in [5, 5.41) is 13.5. The minimum Gasteiger partial charge on any atom is -0.381 e. The van der Waals surface area contributed by atoms with Crippen LogP contribution in [0, 0.1) is 23.0 Å². The number of benzene rings is 1. The molecule has 22 heavy (non-hydrogen) atoms. The van der Waals surface area contributed by atoms with Crippen LogP contribution >= 0.6 is 15.9 Å². The van der Waals surface area contributed by atoms with E-state index in [0.717, 1.165) is 25.7 Å². The van der Waals surface area contributed by atoms with Gasteiger partial charge in [-0.1, -0.05) is 28.8 Å². The van der Waals surface area contributed by atoms with Crippen LogP contribution in [0.2, 0.25) is 0 Å².